The normalized spacial score (nSPS) is 10.7. The fourth-order valence-corrected chi connectivity index (χ4v) is 2.58. The van der Waals surface area contributed by atoms with Gasteiger partial charge in [0.1, 0.15) is 0 Å². The first-order valence-corrected chi connectivity index (χ1v) is 7.47. The first-order chi connectivity index (χ1) is 11.0. The molecule has 2 aromatic heterocycles. The summed E-state index contributed by atoms with van der Waals surface area (Å²) in [7, 11) is 1.96. The molecule has 23 heavy (non-hydrogen) atoms. The maximum atomic E-state index is 11.9. The minimum Gasteiger partial charge on any atom is -0.459 e. The van der Waals surface area contributed by atoms with Crippen molar-refractivity contribution in [3.05, 3.63) is 70.9 Å². The lowest BCUT2D eigenvalue weighted by atomic mass is 10.0. The van der Waals surface area contributed by atoms with E-state index in [1.54, 1.807) is 12.1 Å². The van der Waals surface area contributed by atoms with Gasteiger partial charge in [-0.1, -0.05) is 12.1 Å². The molecule has 3 aromatic rings. The van der Waals surface area contributed by atoms with E-state index in [0.29, 0.717) is 5.76 Å². The van der Waals surface area contributed by atoms with E-state index in [-0.39, 0.29) is 5.91 Å². The topological polar surface area (TPSA) is 60.1 Å². The quantitative estimate of drug-likeness (QED) is 0.802. The van der Waals surface area contributed by atoms with Gasteiger partial charge in [0.2, 0.25) is 0 Å². The van der Waals surface area contributed by atoms with E-state index in [1.165, 1.54) is 23.1 Å². The molecule has 5 heteroatoms. The van der Waals surface area contributed by atoms with Crippen molar-refractivity contribution in [1.82, 2.24) is 9.78 Å². The number of nitrogens with zero attached hydrogens (tertiary/aromatic N) is 2. The Morgan fingerprint density at radius 3 is 2.52 bits per heavy atom. The molecular weight excluding hydrogens is 290 g/mol. The first-order valence-electron chi connectivity index (χ1n) is 7.47. The molecule has 0 spiro atoms. The summed E-state index contributed by atoms with van der Waals surface area (Å²) in [6, 6.07) is 11.2. The molecule has 5 nitrogen and oxygen atoms in total. The lowest BCUT2D eigenvalue weighted by molar-refractivity contribution is 0.0996. The molecular formula is C18H19N3O2. The standard InChI is InChI=1S/C18H19N3O2/c1-12-16(13(2)21(3)20-12)11-14-6-8-15(9-7-14)19-18(22)17-5-4-10-23-17/h4-10H,11H2,1-3H3,(H,19,22). The molecule has 0 aliphatic rings. The molecule has 0 aliphatic heterocycles. The van der Waals surface area contributed by atoms with Gasteiger partial charge >= 0.3 is 0 Å². The number of aryl methyl sites for hydroxylation is 2. The van der Waals surface area contributed by atoms with Gasteiger partial charge in [0.25, 0.3) is 5.91 Å². The van der Waals surface area contributed by atoms with Crippen molar-refractivity contribution in [3.63, 3.8) is 0 Å². The molecule has 0 unspecified atom stereocenters. The predicted octanol–water partition coefficient (Wildman–Crippen LogP) is 3.47. The number of amides is 1. The molecule has 0 bridgehead atoms. The average molecular weight is 309 g/mol. The van der Waals surface area contributed by atoms with Crippen LogP contribution in [0.1, 0.15) is 33.1 Å². The Balaban J connectivity index is 1.71. The summed E-state index contributed by atoms with van der Waals surface area (Å²) in [5.41, 5.74) is 5.41. The second kappa shape index (κ2) is 6.12. The number of hydrogen-bond donors (Lipinski definition) is 1. The maximum absolute atomic E-state index is 11.9. The number of hydrogen-bond acceptors (Lipinski definition) is 3. The number of carbonyl (C=O) groups excluding carboxylic acids is 1. The van der Waals surface area contributed by atoms with E-state index in [9.17, 15) is 4.79 Å². The van der Waals surface area contributed by atoms with Gasteiger partial charge in [-0.3, -0.25) is 9.48 Å². The molecule has 0 aliphatic carbocycles. The Kier molecular flexibility index (Phi) is 4.02. The maximum Gasteiger partial charge on any atom is 0.291 e. The van der Waals surface area contributed by atoms with Gasteiger partial charge in [-0.05, 0) is 43.7 Å². The number of benzene rings is 1. The summed E-state index contributed by atoms with van der Waals surface area (Å²) >= 11 is 0. The van der Waals surface area contributed by atoms with Crippen LogP contribution < -0.4 is 5.32 Å². The molecule has 1 aromatic carbocycles. The molecule has 118 valence electrons. The van der Waals surface area contributed by atoms with Crippen molar-refractivity contribution in [3.8, 4) is 0 Å². The Morgan fingerprint density at radius 1 is 1.22 bits per heavy atom. The molecule has 2 heterocycles. The molecule has 1 amide bonds. The SMILES string of the molecule is Cc1nn(C)c(C)c1Cc1ccc(NC(=O)c2ccco2)cc1. The van der Waals surface area contributed by atoms with Crippen molar-refractivity contribution in [2.75, 3.05) is 5.32 Å². The largest absolute Gasteiger partial charge is 0.459 e. The van der Waals surface area contributed by atoms with Crippen LogP contribution >= 0.6 is 0 Å². The monoisotopic (exact) mass is 309 g/mol. The fraction of sp³-hybridized carbons (Fsp3) is 0.222. The molecule has 0 radical (unpaired) electrons. The summed E-state index contributed by atoms with van der Waals surface area (Å²) in [4.78, 5) is 11.9. The van der Waals surface area contributed by atoms with Gasteiger partial charge in [0, 0.05) is 30.4 Å². The third-order valence-corrected chi connectivity index (χ3v) is 4.00. The highest BCUT2D eigenvalue weighted by Gasteiger charge is 2.11. The van der Waals surface area contributed by atoms with Crippen LogP contribution in [0.2, 0.25) is 0 Å². The summed E-state index contributed by atoms with van der Waals surface area (Å²) in [6.45, 7) is 4.10. The van der Waals surface area contributed by atoms with Crippen molar-refractivity contribution >= 4 is 11.6 Å². The minimum atomic E-state index is -0.248. The number of aromatic nitrogens is 2. The zero-order valence-corrected chi connectivity index (χ0v) is 13.5. The molecule has 0 fully saturated rings. The van der Waals surface area contributed by atoms with Crippen molar-refractivity contribution in [2.45, 2.75) is 20.3 Å². The first kappa shape index (κ1) is 15.1. The van der Waals surface area contributed by atoms with E-state index >= 15 is 0 Å². The zero-order valence-electron chi connectivity index (χ0n) is 13.5. The van der Waals surface area contributed by atoms with Crippen LogP contribution in [-0.2, 0) is 13.5 Å². The Hall–Kier alpha value is -2.82. The Bertz CT molecular complexity index is 815. The van der Waals surface area contributed by atoms with Crippen molar-refractivity contribution < 1.29 is 9.21 Å². The van der Waals surface area contributed by atoms with Crippen LogP contribution in [0.5, 0.6) is 0 Å². The smallest absolute Gasteiger partial charge is 0.291 e. The van der Waals surface area contributed by atoms with E-state index in [2.05, 4.69) is 17.3 Å². The van der Waals surface area contributed by atoms with Crippen LogP contribution in [0, 0.1) is 13.8 Å². The number of furan rings is 1. The highest BCUT2D eigenvalue weighted by Crippen LogP contribution is 2.19. The summed E-state index contributed by atoms with van der Waals surface area (Å²) in [5.74, 6) is 0.0531. The van der Waals surface area contributed by atoms with Gasteiger partial charge in [0.15, 0.2) is 5.76 Å². The Labute approximate surface area is 134 Å². The summed E-state index contributed by atoms with van der Waals surface area (Å²) < 4.78 is 6.98. The lowest BCUT2D eigenvalue weighted by Crippen LogP contribution is -2.10. The molecule has 0 atom stereocenters. The summed E-state index contributed by atoms with van der Waals surface area (Å²) in [5, 5.41) is 7.25. The number of anilines is 1. The van der Waals surface area contributed by atoms with Gasteiger partial charge < -0.3 is 9.73 Å². The third-order valence-electron chi connectivity index (χ3n) is 4.00. The van der Waals surface area contributed by atoms with Crippen LogP contribution in [0.25, 0.3) is 0 Å². The lowest BCUT2D eigenvalue weighted by Gasteiger charge is -2.06. The number of carbonyl (C=O) groups is 1. The van der Waals surface area contributed by atoms with E-state index in [1.807, 2.05) is 42.9 Å². The van der Waals surface area contributed by atoms with Crippen molar-refractivity contribution in [2.24, 2.45) is 7.05 Å². The molecule has 1 N–H and O–H groups in total. The highest BCUT2D eigenvalue weighted by atomic mass is 16.3. The second-order valence-corrected chi connectivity index (χ2v) is 5.58. The van der Waals surface area contributed by atoms with Crippen LogP contribution in [0.4, 0.5) is 5.69 Å². The van der Waals surface area contributed by atoms with Gasteiger partial charge in [-0.25, -0.2) is 0 Å². The average Bonchev–Trinajstić information content (AvgIpc) is 3.14. The van der Waals surface area contributed by atoms with Crippen LogP contribution in [0.15, 0.2) is 47.1 Å². The molecule has 3 rings (SSSR count). The predicted molar refractivity (Wildman–Crippen MR) is 88.6 cm³/mol. The molecule has 0 saturated heterocycles. The van der Waals surface area contributed by atoms with Gasteiger partial charge in [0.05, 0.1) is 12.0 Å². The summed E-state index contributed by atoms with van der Waals surface area (Å²) in [6.07, 6.45) is 2.31. The van der Waals surface area contributed by atoms with E-state index < -0.39 is 0 Å². The second-order valence-electron chi connectivity index (χ2n) is 5.58. The fourth-order valence-electron chi connectivity index (χ4n) is 2.58. The van der Waals surface area contributed by atoms with Crippen LogP contribution in [-0.4, -0.2) is 15.7 Å². The number of rotatable bonds is 4. The van der Waals surface area contributed by atoms with Gasteiger partial charge in [-0.2, -0.15) is 5.10 Å². The van der Waals surface area contributed by atoms with Crippen molar-refractivity contribution in [1.29, 1.82) is 0 Å². The highest BCUT2D eigenvalue weighted by molar-refractivity contribution is 6.02. The minimum absolute atomic E-state index is 0.248. The van der Waals surface area contributed by atoms with E-state index in [0.717, 1.165) is 17.8 Å². The van der Waals surface area contributed by atoms with Crippen LogP contribution in [0.3, 0.4) is 0 Å². The zero-order chi connectivity index (χ0) is 16.4. The molecule has 0 saturated carbocycles. The number of nitrogens with one attached hydrogen (secondary N) is 1. The Morgan fingerprint density at radius 2 is 1.96 bits per heavy atom. The van der Waals surface area contributed by atoms with Gasteiger partial charge in [-0.15, -0.1) is 0 Å². The third kappa shape index (κ3) is 3.18. The van der Waals surface area contributed by atoms with E-state index in [4.69, 9.17) is 4.42 Å².